The average molecular weight is 316 g/mol. The summed E-state index contributed by atoms with van der Waals surface area (Å²) in [6, 6.07) is 0.307. The molecule has 1 aromatic heterocycles. The Kier molecular flexibility index (Phi) is 4.77. The lowest BCUT2D eigenvalue weighted by atomic mass is 10.2. The largest absolute Gasteiger partial charge is 0.478 e. The first-order valence-electron chi connectivity index (χ1n) is 6.12. The normalized spacial score (nSPS) is 19.9. The number of hydrogen-bond acceptors (Lipinski definition) is 5. The Balaban J connectivity index is 2.28. The van der Waals surface area contributed by atoms with Gasteiger partial charge in [0, 0.05) is 11.9 Å². The van der Waals surface area contributed by atoms with Crippen LogP contribution in [-0.2, 0) is 4.74 Å². The van der Waals surface area contributed by atoms with Gasteiger partial charge in [-0.15, -0.1) is 0 Å². The summed E-state index contributed by atoms with van der Waals surface area (Å²) < 4.78 is 11.0. The standard InChI is InChI=1S/C12H18BrN3O2/c1-3-18-12-9(2)11(14-8-15-12)16-4-5-17-7-10(16)6-13/h8,10H,3-7H2,1-2H3. The van der Waals surface area contributed by atoms with Crippen LogP contribution in [0, 0.1) is 6.92 Å². The summed E-state index contributed by atoms with van der Waals surface area (Å²) in [6.07, 6.45) is 1.56. The smallest absolute Gasteiger partial charge is 0.221 e. The molecule has 0 aliphatic carbocycles. The third kappa shape index (κ3) is 2.75. The van der Waals surface area contributed by atoms with Crippen LogP contribution in [0.25, 0.3) is 0 Å². The fourth-order valence-electron chi connectivity index (χ4n) is 2.06. The molecule has 1 aliphatic rings. The minimum Gasteiger partial charge on any atom is -0.478 e. The molecule has 2 rings (SSSR count). The first-order chi connectivity index (χ1) is 8.77. The van der Waals surface area contributed by atoms with Crippen molar-refractivity contribution in [3.63, 3.8) is 0 Å². The summed E-state index contributed by atoms with van der Waals surface area (Å²) in [5.41, 5.74) is 0.993. The number of rotatable bonds is 4. The number of nitrogens with zero attached hydrogens (tertiary/aromatic N) is 3. The van der Waals surface area contributed by atoms with Gasteiger partial charge in [0.1, 0.15) is 12.1 Å². The van der Waals surface area contributed by atoms with Gasteiger partial charge in [0.25, 0.3) is 0 Å². The molecule has 0 radical (unpaired) electrons. The summed E-state index contributed by atoms with van der Waals surface area (Å²) in [5.74, 6) is 1.61. The van der Waals surface area contributed by atoms with E-state index in [1.807, 2.05) is 13.8 Å². The Morgan fingerprint density at radius 2 is 2.39 bits per heavy atom. The van der Waals surface area contributed by atoms with Crippen molar-refractivity contribution in [2.24, 2.45) is 0 Å². The van der Waals surface area contributed by atoms with Crippen LogP contribution in [0.5, 0.6) is 5.88 Å². The highest BCUT2D eigenvalue weighted by Gasteiger charge is 2.25. The maximum absolute atomic E-state index is 5.52. The van der Waals surface area contributed by atoms with Gasteiger partial charge in [0.05, 0.1) is 31.4 Å². The lowest BCUT2D eigenvalue weighted by Gasteiger charge is -2.36. The van der Waals surface area contributed by atoms with Crippen LogP contribution in [0.4, 0.5) is 5.82 Å². The second-order valence-electron chi connectivity index (χ2n) is 4.14. The maximum atomic E-state index is 5.52. The van der Waals surface area contributed by atoms with E-state index in [1.54, 1.807) is 6.33 Å². The van der Waals surface area contributed by atoms with Crippen LogP contribution in [0.1, 0.15) is 12.5 Å². The van der Waals surface area contributed by atoms with Crippen LogP contribution in [0.15, 0.2) is 6.33 Å². The van der Waals surface area contributed by atoms with Crippen molar-refractivity contribution in [1.29, 1.82) is 0 Å². The number of alkyl halides is 1. The van der Waals surface area contributed by atoms with Crippen molar-refractivity contribution >= 4 is 21.7 Å². The van der Waals surface area contributed by atoms with Gasteiger partial charge in [-0.2, -0.15) is 0 Å². The molecule has 1 saturated heterocycles. The molecular formula is C12H18BrN3O2. The van der Waals surface area contributed by atoms with Crippen LogP contribution in [0.3, 0.4) is 0 Å². The third-order valence-corrected chi connectivity index (χ3v) is 3.72. The van der Waals surface area contributed by atoms with E-state index in [4.69, 9.17) is 9.47 Å². The fraction of sp³-hybridized carbons (Fsp3) is 0.667. The van der Waals surface area contributed by atoms with Crippen molar-refractivity contribution in [1.82, 2.24) is 9.97 Å². The van der Waals surface area contributed by atoms with Crippen LogP contribution in [0.2, 0.25) is 0 Å². The quantitative estimate of drug-likeness (QED) is 0.793. The molecular weight excluding hydrogens is 298 g/mol. The molecule has 5 nitrogen and oxygen atoms in total. The van der Waals surface area contributed by atoms with Gasteiger partial charge < -0.3 is 14.4 Å². The molecule has 1 aliphatic heterocycles. The number of ether oxygens (including phenoxy) is 2. The number of aromatic nitrogens is 2. The van der Waals surface area contributed by atoms with E-state index in [1.165, 1.54) is 0 Å². The minimum atomic E-state index is 0.307. The number of morpholine rings is 1. The number of halogens is 1. The molecule has 1 atom stereocenters. The Morgan fingerprint density at radius 1 is 1.56 bits per heavy atom. The van der Waals surface area contributed by atoms with E-state index in [0.717, 1.165) is 36.5 Å². The van der Waals surface area contributed by atoms with Gasteiger partial charge in [-0.05, 0) is 13.8 Å². The first-order valence-corrected chi connectivity index (χ1v) is 7.24. The second kappa shape index (κ2) is 6.33. The summed E-state index contributed by atoms with van der Waals surface area (Å²) in [4.78, 5) is 10.8. The lowest BCUT2D eigenvalue weighted by Crippen LogP contribution is -2.47. The fourth-order valence-corrected chi connectivity index (χ4v) is 2.60. The Morgan fingerprint density at radius 3 is 3.11 bits per heavy atom. The van der Waals surface area contributed by atoms with Gasteiger partial charge in [-0.25, -0.2) is 9.97 Å². The zero-order valence-electron chi connectivity index (χ0n) is 10.7. The Bertz CT molecular complexity index is 403. The van der Waals surface area contributed by atoms with Gasteiger partial charge in [-0.1, -0.05) is 15.9 Å². The zero-order chi connectivity index (χ0) is 13.0. The summed E-state index contributed by atoms with van der Waals surface area (Å²) in [5, 5.41) is 0.862. The molecule has 1 fully saturated rings. The van der Waals surface area contributed by atoms with E-state index >= 15 is 0 Å². The molecule has 0 amide bonds. The second-order valence-corrected chi connectivity index (χ2v) is 4.78. The summed E-state index contributed by atoms with van der Waals surface area (Å²) in [7, 11) is 0. The number of hydrogen-bond donors (Lipinski definition) is 0. The predicted octanol–water partition coefficient (Wildman–Crippen LogP) is 1.78. The monoisotopic (exact) mass is 315 g/mol. The maximum Gasteiger partial charge on any atom is 0.221 e. The molecule has 0 aromatic carbocycles. The number of anilines is 1. The van der Waals surface area contributed by atoms with Crippen LogP contribution < -0.4 is 9.64 Å². The highest BCUT2D eigenvalue weighted by atomic mass is 79.9. The molecule has 0 bridgehead atoms. The highest BCUT2D eigenvalue weighted by Crippen LogP contribution is 2.27. The van der Waals surface area contributed by atoms with Gasteiger partial charge in [0.15, 0.2) is 0 Å². The van der Waals surface area contributed by atoms with E-state index in [9.17, 15) is 0 Å². The molecule has 18 heavy (non-hydrogen) atoms. The Labute approximate surface area is 116 Å². The van der Waals surface area contributed by atoms with E-state index in [-0.39, 0.29) is 0 Å². The summed E-state index contributed by atoms with van der Waals surface area (Å²) in [6.45, 7) is 6.87. The Hall–Kier alpha value is -0.880. The third-order valence-electron chi connectivity index (χ3n) is 2.97. The van der Waals surface area contributed by atoms with Gasteiger partial charge in [-0.3, -0.25) is 0 Å². The molecule has 2 heterocycles. The topological polar surface area (TPSA) is 47.5 Å². The van der Waals surface area contributed by atoms with Crippen molar-refractivity contribution in [2.45, 2.75) is 19.9 Å². The zero-order valence-corrected chi connectivity index (χ0v) is 12.3. The van der Waals surface area contributed by atoms with Gasteiger partial charge >= 0.3 is 0 Å². The van der Waals surface area contributed by atoms with E-state index in [2.05, 4.69) is 30.8 Å². The molecule has 0 N–H and O–H groups in total. The molecule has 0 spiro atoms. The first kappa shape index (κ1) is 13.5. The highest BCUT2D eigenvalue weighted by molar-refractivity contribution is 9.09. The van der Waals surface area contributed by atoms with Crippen molar-refractivity contribution in [2.75, 3.05) is 36.6 Å². The lowest BCUT2D eigenvalue weighted by molar-refractivity contribution is 0.0999. The van der Waals surface area contributed by atoms with Crippen LogP contribution in [-0.4, -0.2) is 47.7 Å². The SMILES string of the molecule is CCOc1ncnc(N2CCOCC2CBr)c1C. The van der Waals surface area contributed by atoms with Crippen molar-refractivity contribution < 1.29 is 9.47 Å². The molecule has 0 saturated carbocycles. The van der Waals surface area contributed by atoms with E-state index in [0.29, 0.717) is 18.5 Å². The molecule has 1 unspecified atom stereocenters. The average Bonchev–Trinajstić information content (AvgIpc) is 2.41. The molecule has 1 aromatic rings. The predicted molar refractivity (Wildman–Crippen MR) is 73.7 cm³/mol. The van der Waals surface area contributed by atoms with E-state index < -0.39 is 0 Å². The van der Waals surface area contributed by atoms with Crippen LogP contribution >= 0.6 is 15.9 Å². The van der Waals surface area contributed by atoms with Crippen molar-refractivity contribution in [3.8, 4) is 5.88 Å². The molecule has 6 heteroatoms. The van der Waals surface area contributed by atoms with Gasteiger partial charge in [0.2, 0.25) is 5.88 Å². The minimum absolute atomic E-state index is 0.307. The summed E-state index contributed by atoms with van der Waals surface area (Å²) >= 11 is 3.53. The molecule has 100 valence electrons. The van der Waals surface area contributed by atoms with Crippen molar-refractivity contribution in [3.05, 3.63) is 11.9 Å².